The Hall–Kier alpha value is -0.0151. The van der Waals surface area contributed by atoms with Crippen LogP contribution < -0.4 is 11.0 Å². The molecule has 50 valence electrons. The highest BCUT2D eigenvalue weighted by atomic mass is 14.8. The molecule has 0 heterocycles. The minimum atomic E-state index is 0.426. The van der Waals surface area contributed by atoms with Crippen molar-refractivity contribution in [1.29, 1.82) is 0 Å². The lowest BCUT2D eigenvalue weighted by Gasteiger charge is -2.25. The molecule has 1 fully saturated rings. The summed E-state index contributed by atoms with van der Waals surface area (Å²) < 4.78 is 0. The molecule has 0 saturated heterocycles. The molecule has 0 unspecified atom stereocenters. The van der Waals surface area contributed by atoms with Gasteiger partial charge in [0.15, 0.2) is 7.98 Å². The maximum Gasteiger partial charge on any atom is 0.178 e. The topological polar surface area (TPSA) is 38.0 Å². The van der Waals surface area contributed by atoms with Gasteiger partial charge in [-0.25, -0.2) is 0 Å². The first-order chi connectivity index (χ1) is 4.33. The van der Waals surface area contributed by atoms with E-state index in [0.717, 1.165) is 25.7 Å². The highest BCUT2D eigenvalue weighted by molar-refractivity contribution is 6.04. The SMILES string of the molecule is [B]NC1CCC(N)CC1. The van der Waals surface area contributed by atoms with Gasteiger partial charge in [0.1, 0.15) is 0 Å². The van der Waals surface area contributed by atoms with Crippen molar-refractivity contribution in [3.8, 4) is 0 Å². The molecule has 0 aliphatic heterocycles. The standard InChI is InChI=1S/C6H13BN2/c7-9-6-3-1-5(8)2-4-6/h5-6,9H,1-4,8H2. The Morgan fingerprint density at radius 3 is 2.22 bits per heavy atom. The predicted octanol–water partition coefficient (Wildman–Crippen LogP) is -0.0706. The minimum absolute atomic E-state index is 0.426. The van der Waals surface area contributed by atoms with E-state index < -0.39 is 0 Å². The van der Waals surface area contributed by atoms with Gasteiger partial charge < -0.3 is 11.0 Å². The second kappa shape index (κ2) is 3.23. The third kappa shape index (κ3) is 1.99. The fourth-order valence-electron chi connectivity index (χ4n) is 1.29. The number of nitrogens with one attached hydrogen (secondary N) is 1. The number of hydrogen-bond donors (Lipinski definition) is 2. The summed E-state index contributed by atoms with van der Waals surface area (Å²) in [6.07, 6.45) is 4.51. The van der Waals surface area contributed by atoms with Crippen molar-refractivity contribution in [2.75, 3.05) is 0 Å². The van der Waals surface area contributed by atoms with Crippen LogP contribution in [0.3, 0.4) is 0 Å². The number of hydrogen-bond acceptors (Lipinski definition) is 2. The van der Waals surface area contributed by atoms with Crippen LogP contribution in [0, 0.1) is 0 Å². The van der Waals surface area contributed by atoms with Gasteiger partial charge >= 0.3 is 0 Å². The average molecular weight is 124 g/mol. The Bertz CT molecular complexity index is 79.1. The van der Waals surface area contributed by atoms with Gasteiger partial charge in [-0.1, -0.05) is 0 Å². The lowest BCUT2D eigenvalue weighted by molar-refractivity contribution is 0.378. The Morgan fingerprint density at radius 2 is 1.78 bits per heavy atom. The first kappa shape index (κ1) is 7.10. The van der Waals surface area contributed by atoms with Crippen molar-refractivity contribution in [2.45, 2.75) is 37.8 Å². The molecule has 1 aliphatic rings. The van der Waals surface area contributed by atoms with E-state index in [1.165, 1.54) is 0 Å². The molecule has 3 N–H and O–H groups in total. The summed E-state index contributed by atoms with van der Waals surface area (Å²) in [6.45, 7) is 0. The second-order valence-electron chi connectivity index (χ2n) is 2.78. The largest absolute Gasteiger partial charge is 0.364 e. The predicted molar refractivity (Wildman–Crippen MR) is 39.1 cm³/mol. The van der Waals surface area contributed by atoms with Crippen molar-refractivity contribution in [3.05, 3.63) is 0 Å². The maximum atomic E-state index is 5.68. The van der Waals surface area contributed by atoms with Gasteiger partial charge in [0.05, 0.1) is 0 Å². The highest BCUT2D eigenvalue weighted by Crippen LogP contribution is 2.15. The molecular formula is C6H13BN2. The monoisotopic (exact) mass is 124 g/mol. The van der Waals surface area contributed by atoms with Crippen LogP contribution in [0.4, 0.5) is 0 Å². The van der Waals surface area contributed by atoms with Crippen LogP contribution in [-0.4, -0.2) is 20.1 Å². The summed E-state index contributed by atoms with van der Waals surface area (Å²) in [5.74, 6) is 0. The molecule has 0 aromatic rings. The average Bonchev–Trinajstić information content (AvgIpc) is 1.90. The molecule has 2 radical (unpaired) electrons. The third-order valence-corrected chi connectivity index (χ3v) is 2.01. The van der Waals surface area contributed by atoms with Crippen LogP contribution >= 0.6 is 0 Å². The third-order valence-electron chi connectivity index (χ3n) is 2.01. The summed E-state index contributed by atoms with van der Waals surface area (Å²) in [4.78, 5) is 0. The van der Waals surface area contributed by atoms with E-state index in [4.69, 9.17) is 13.7 Å². The minimum Gasteiger partial charge on any atom is -0.364 e. The Labute approximate surface area is 57.6 Å². The molecular weight excluding hydrogens is 111 g/mol. The van der Waals surface area contributed by atoms with Crippen LogP contribution in [0.15, 0.2) is 0 Å². The quantitative estimate of drug-likeness (QED) is 0.480. The molecule has 0 atom stereocenters. The van der Waals surface area contributed by atoms with Gasteiger partial charge in [-0.15, -0.1) is 0 Å². The smallest absolute Gasteiger partial charge is 0.178 e. The van der Waals surface area contributed by atoms with Crippen molar-refractivity contribution in [3.63, 3.8) is 0 Å². The van der Waals surface area contributed by atoms with Crippen LogP contribution in [0.5, 0.6) is 0 Å². The molecule has 1 aliphatic carbocycles. The van der Waals surface area contributed by atoms with E-state index in [1.807, 2.05) is 0 Å². The maximum absolute atomic E-state index is 5.68. The Morgan fingerprint density at radius 1 is 1.22 bits per heavy atom. The lowest BCUT2D eigenvalue weighted by atomic mass is 9.91. The fraction of sp³-hybridized carbons (Fsp3) is 1.00. The Kier molecular flexibility index (Phi) is 2.55. The zero-order valence-electron chi connectivity index (χ0n) is 5.64. The molecule has 1 saturated carbocycles. The van der Waals surface area contributed by atoms with Crippen LogP contribution in [-0.2, 0) is 0 Å². The second-order valence-corrected chi connectivity index (χ2v) is 2.78. The first-order valence-corrected chi connectivity index (χ1v) is 3.54. The summed E-state index contributed by atoms with van der Waals surface area (Å²) in [5, 5.41) is 2.77. The molecule has 9 heavy (non-hydrogen) atoms. The van der Waals surface area contributed by atoms with E-state index in [-0.39, 0.29) is 0 Å². The van der Waals surface area contributed by atoms with Gasteiger partial charge in [-0.2, -0.15) is 0 Å². The molecule has 0 amide bonds. The van der Waals surface area contributed by atoms with Gasteiger partial charge in [-0.05, 0) is 31.7 Å². The molecule has 0 aromatic heterocycles. The van der Waals surface area contributed by atoms with E-state index in [9.17, 15) is 0 Å². The number of nitrogens with two attached hydrogens (primary N) is 1. The number of rotatable bonds is 1. The van der Waals surface area contributed by atoms with Crippen molar-refractivity contribution >= 4 is 7.98 Å². The van der Waals surface area contributed by atoms with Crippen LogP contribution in [0.1, 0.15) is 25.7 Å². The lowest BCUT2D eigenvalue weighted by Crippen LogP contribution is -2.35. The van der Waals surface area contributed by atoms with Gasteiger partial charge in [0.2, 0.25) is 0 Å². The van der Waals surface area contributed by atoms with Crippen molar-refractivity contribution in [2.24, 2.45) is 5.73 Å². The summed E-state index contributed by atoms with van der Waals surface area (Å²) in [7, 11) is 5.26. The van der Waals surface area contributed by atoms with Gasteiger partial charge in [0.25, 0.3) is 0 Å². The molecule has 1 rings (SSSR count). The molecule has 0 bridgehead atoms. The normalized spacial score (nSPS) is 36.6. The molecule has 3 heteroatoms. The first-order valence-electron chi connectivity index (χ1n) is 3.54. The molecule has 2 nitrogen and oxygen atoms in total. The van der Waals surface area contributed by atoms with E-state index >= 15 is 0 Å². The van der Waals surface area contributed by atoms with Crippen molar-refractivity contribution in [1.82, 2.24) is 5.23 Å². The van der Waals surface area contributed by atoms with E-state index in [2.05, 4.69) is 5.23 Å². The van der Waals surface area contributed by atoms with Gasteiger partial charge in [0, 0.05) is 6.04 Å². The summed E-state index contributed by atoms with van der Waals surface area (Å²) in [6, 6.07) is 0.944. The Balaban J connectivity index is 2.18. The molecule has 0 aromatic carbocycles. The zero-order chi connectivity index (χ0) is 6.69. The van der Waals surface area contributed by atoms with E-state index in [0.29, 0.717) is 12.1 Å². The van der Waals surface area contributed by atoms with Crippen molar-refractivity contribution < 1.29 is 0 Å². The van der Waals surface area contributed by atoms with E-state index in [1.54, 1.807) is 0 Å². The summed E-state index contributed by atoms with van der Waals surface area (Å²) in [5.41, 5.74) is 5.68. The fourth-order valence-corrected chi connectivity index (χ4v) is 1.29. The van der Waals surface area contributed by atoms with Crippen LogP contribution in [0.2, 0.25) is 0 Å². The zero-order valence-corrected chi connectivity index (χ0v) is 5.64. The van der Waals surface area contributed by atoms with Crippen LogP contribution in [0.25, 0.3) is 0 Å². The summed E-state index contributed by atoms with van der Waals surface area (Å²) >= 11 is 0. The highest BCUT2D eigenvalue weighted by Gasteiger charge is 2.15. The molecule has 0 spiro atoms. The van der Waals surface area contributed by atoms with Gasteiger partial charge in [-0.3, -0.25) is 0 Å².